The quantitative estimate of drug-likeness (QED) is 0.688. The Kier molecular flexibility index (Phi) is 4.47. The number of nitrogens with one attached hydrogen (secondary N) is 1. The van der Waals surface area contributed by atoms with Gasteiger partial charge in [-0.15, -0.1) is 0 Å². The van der Waals surface area contributed by atoms with Crippen LogP contribution in [0.25, 0.3) is 10.8 Å². The number of benzene rings is 1. The number of nitrogens with zero attached hydrogens (tertiary/aromatic N) is 2. The lowest BCUT2D eigenvalue weighted by molar-refractivity contribution is 0.640. The van der Waals surface area contributed by atoms with Gasteiger partial charge < -0.3 is 5.32 Å². The molecule has 3 rings (SSSR count). The molecule has 0 atom stereocenters. The Bertz CT molecular complexity index is 887. The number of pyridine rings is 2. The van der Waals surface area contributed by atoms with E-state index in [1.165, 1.54) is 22.8 Å². The van der Waals surface area contributed by atoms with E-state index < -0.39 is 0 Å². The highest BCUT2D eigenvalue weighted by atomic mass is 19.1. The Balaban J connectivity index is 2.07. The van der Waals surface area contributed by atoms with Crippen LogP contribution in [0.15, 0.2) is 36.8 Å². The summed E-state index contributed by atoms with van der Waals surface area (Å²) in [6, 6.07) is 5.24. The first kappa shape index (κ1) is 16.4. The van der Waals surface area contributed by atoms with Gasteiger partial charge in [-0.1, -0.05) is 20.8 Å². The van der Waals surface area contributed by atoms with E-state index in [1.54, 1.807) is 12.4 Å². The SMILES string of the molecule is CCc1c(Nc2cc(F)c3cnccc3c2)ncc(C)c1C(C)C. The molecule has 124 valence electrons. The van der Waals surface area contributed by atoms with Gasteiger partial charge in [0.25, 0.3) is 0 Å². The minimum absolute atomic E-state index is 0.280. The topological polar surface area (TPSA) is 37.8 Å². The van der Waals surface area contributed by atoms with E-state index in [0.717, 1.165) is 17.6 Å². The summed E-state index contributed by atoms with van der Waals surface area (Å²) >= 11 is 0. The van der Waals surface area contributed by atoms with Gasteiger partial charge >= 0.3 is 0 Å². The van der Waals surface area contributed by atoms with Gasteiger partial charge in [0.1, 0.15) is 11.6 Å². The van der Waals surface area contributed by atoms with Crippen LogP contribution in [0.5, 0.6) is 0 Å². The average Bonchev–Trinajstić information content (AvgIpc) is 2.55. The molecule has 2 aromatic heterocycles. The molecule has 0 amide bonds. The summed E-state index contributed by atoms with van der Waals surface area (Å²) in [5.74, 6) is 0.944. The van der Waals surface area contributed by atoms with Crippen LogP contribution in [0.1, 0.15) is 43.4 Å². The molecule has 0 aliphatic carbocycles. The van der Waals surface area contributed by atoms with Gasteiger partial charge in [-0.05, 0) is 59.5 Å². The molecule has 2 heterocycles. The molecule has 0 aliphatic heterocycles. The Labute approximate surface area is 142 Å². The van der Waals surface area contributed by atoms with Crippen molar-refractivity contribution in [2.24, 2.45) is 0 Å². The molecule has 24 heavy (non-hydrogen) atoms. The second-order valence-electron chi connectivity index (χ2n) is 6.37. The normalized spacial score (nSPS) is 11.2. The van der Waals surface area contributed by atoms with Gasteiger partial charge in [-0.2, -0.15) is 0 Å². The van der Waals surface area contributed by atoms with Crippen LogP contribution in [0.3, 0.4) is 0 Å². The molecule has 3 aromatic rings. The summed E-state index contributed by atoms with van der Waals surface area (Å²) in [6.45, 7) is 8.59. The van der Waals surface area contributed by atoms with E-state index in [-0.39, 0.29) is 5.82 Å². The van der Waals surface area contributed by atoms with Crippen molar-refractivity contribution < 1.29 is 4.39 Å². The van der Waals surface area contributed by atoms with Crippen LogP contribution in [0.4, 0.5) is 15.9 Å². The molecule has 1 aromatic carbocycles. The number of halogens is 1. The third-order valence-corrected chi connectivity index (χ3v) is 4.32. The Hall–Kier alpha value is -2.49. The van der Waals surface area contributed by atoms with Crippen LogP contribution in [-0.4, -0.2) is 9.97 Å². The second-order valence-corrected chi connectivity index (χ2v) is 6.37. The number of hydrogen-bond acceptors (Lipinski definition) is 3. The van der Waals surface area contributed by atoms with Crippen molar-refractivity contribution in [3.8, 4) is 0 Å². The van der Waals surface area contributed by atoms with Crippen LogP contribution in [-0.2, 0) is 6.42 Å². The fraction of sp³-hybridized carbons (Fsp3) is 0.300. The van der Waals surface area contributed by atoms with Gasteiger partial charge in [-0.25, -0.2) is 9.37 Å². The summed E-state index contributed by atoms with van der Waals surface area (Å²) < 4.78 is 14.3. The molecule has 0 saturated heterocycles. The van der Waals surface area contributed by atoms with E-state index in [0.29, 0.717) is 17.0 Å². The smallest absolute Gasteiger partial charge is 0.134 e. The van der Waals surface area contributed by atoms with Crippen molar-refractivity contribution in [1.29, 1.82) is 0 Å². The van der Waals surface area contributed by atoms with Crippen LogP contribution in [0.2, 0.25) is 0 Å². The highest BCUT2D eigenvalue weighted by molar-refractivity contribution is 5.86. The monoisotopic (exact) mass is 323 g/mol. The Morgan fingerprint density at radius 3 is 2.71 bits per heavy atom. The van der Waals surface area contributed by atoms with E-state index in [2.05, 4.69) is 43.0 Å². The number of anilines is 2. The molecule has 0 bridgehead atoms. The summed E-state index contributed by atoms with van der Waals surface area (Å²) in [4.78, 5) is 8.53. The second kappa shape index (κ2) is 6.56. The van der Waals surface area contributed by atoms with Gasteiger partial charge in [0, 0.05) is 29.7 Å². The lowest BCUT2D eigenvalue weighted by atomic mass is 9.92. The third-order valence-electron chi connectivity index (χ3n) is 4.32. The molecule has 4 heteroatoms. The van der Waals surface area contributed by atoms with Crippen molar-refractivity contribution in [3.63, 3.8) is 0 Å². The molecular formula is C20H22FN3. The van der Waals surface area contributed by atoms with Crippen LogP contribution in [0, 0.1) is 12.7 Å². The van der Waals surface area contributed by atoms with E-state index in [1.807, 2.05) is 18.3 Å². The first-order valence-corrected chi connectivity index (χ1v) is 8.30. The van der Waals surface area contributed by atoms with Gasteiger partial charge in [0.2, 0.25) is 0 Å². The lowest BCUT2D eigenvalue weighted by Gasteiger charge is -2.19. The number of aryl methyl sites for hydroxylation is 1. The predicted octanol–water partition coefficient (Wildman–Crippen LogP) is 5.51. The molecular weight excluding hydrogens is 301 g/mol. The maximum atomic E-state index is 14.3. The van der Waals surface area contributed by atoms with E-state index in [9.17, 15) is 4.39 Å². The summed E-state index contributed by atoms with van der Waals surface area (Å²) in [5.41, 5.74) is 4.41. The first-order chi connectivity index (χ1) is 11.5. The maximum absolute atomic E-state index is 14.3. The summed E-state index contributed by atoms with van der Waals surface area (Å²) in [5, 5.41) is 4.65. The highest BCUT2D eigenvalue weighted by Crippen LogP contribution is 2.31. The maximum Gasteiger partial charge on any atom is 0.134 e. The molecule has 3 nitrogen and oxygen atoms in total. The average molecular weight is 323 g/mol. The minimum Gasteiger partial charge on any atom is -0.340 e. The zero-order chi connectivity index (χ0) is 17.3. The van der Waals surface area contributed by atoms with Crippen molar-refractivity contribution >= 4 is 22.3 Å². The molecule has 1 N–H and O–H groups in total. The summed E-state index contributed by atoms with van der Waals surface area (Å²) in [6.07, 6.45) is 5.99. The number of rotatable bonds is 4. The van der Waals surface area contributed by atoms with E-state index in [4.69, 9.17) is 0 Å². The summed E-state index contributed by atoms with van der Waals surface area (Å²) in [7, 11) is 0. The van der Waals surface area contributed by atoms with Crippen LogP contribution < -0.4 is 5.32 Å². The zero-order valence-electron chi connectivity index (χ0n) is 14.5. The highest BCUT2D eigenvalue weighted by Gasteiger charge is 2.15. The van der Waals surface area contributed by atoms with Crippen molar-refractivity contribution in [1.82, 2.24) is 9.97 Å². The van der Waals surface area contributed by atoms with Crippen molar-refractivity contribution in [3.05, 3.63) is 59.3 Å². The molecule has 0 saturated carbocycles. The number of aromatic nitrogens is 2. The third kappa shape index (κ3) is 2.96. The Morgan fingerprint density at radius 2 is 2.00 bits per heavy atom. The first-order valence-electron chi connectivity index (χ1n) is 8.30. The predicted molar refractivity (Wildman–Crippen MR) is 97.4 cm³/mol. The molecule has 0 unspecified atom stereocenters. The van der Waals surface area contributed by atoms with Crippen molar-refractivity contribution in [2.45, 2.75) is 40.0 Å². The van der Waals surface area contributed by atoms with Gasteiger partial charge in [0.15, 0.2) is 0 Å². The standard InChI is InChI=1S/C20H22FN3/c1-5-16-19(12(2)3)13(4)10-23-20(16)24-15-8-14-6-7-22-11-17(14)18(21)9-15/h6-12H,5H2,1-4H3,(H,23,24). The number of fused-ring (bicyclic) bond motifs is 1. The molecule has 0 radical (unpaired) electrons. The molecule has 0 spiro atoms. The van der Waals surface area contributed by atoms with Crippen LogP contribution >= 0.6 is 0 Å². The van der Waals surface area contributed by atoms with Gasteiger partial charge in [-0.3, -0.25) is 4.98 Å². The fourth-order valence-electron chi connectivity index (χ4n) is 3.31. The van der Waals surface area contributed by atoms with E-state index >= 15 is 0 Å². The zero-order valence-corrected chi connectivity index (χ0v) is 14.5. The van der Waals surface area contributed by atoms with Crippen molar-refractivity contribution in [2.75, 3.05) is 5.32 Å². The Morgan fingerprint density at radius 1 is 1.21 bits per heavy atom. The number of hydrogen-bond donors (Lipinski definition) is 1. The van der Waals surface area contributed by atoms with Gasteiger partial charge in [0.05, 0.1) is 0 Å². The minimum atomic E-state index is -0.280. The molecule has 0 aliphatic rings. The fourth-order valence-corrected chi connectivity index (χ4v) is 3.31. The molecule has 0 fully saturated rings. The lowest BCUT2D eigenvalue weighted by Crippen LogP contribution is -2.06. The largest absolute Gasteiger partial charge is 0.340 e.